The van der Waals surface area contributed by atoms with Crippen LogP contribution in [0, 0.1) is 0 Å². The number of oxime groups is 1. The molecule has 0 fully saturated rings. The minimum absolute atomic E-state index is 0.449. The molecule has 0 saturated carbocycles. The third-order valence-electron chi connectivity index (χ3n) is 3.00. The van der Waals surface area contributed by atoms with Gasteiger partial charge < -0.3 is 9.57 Å². The van der Waals surface area contributed by atoms with E-state index in [0.29, 0.717) is 23.0 Å². The predicted octanol–water partition coefficient (Wildman–Crippen LogP) is 3.06. The molecule has 0 saturated heterocycles. The molecular weight excluding hydrogens is 292 g/mol. The van der Waals surface area contributed by atoms with Crippen LogP contribution in [0.25, 0.3) is 0 Å². The summed E-state index contributed by atoms with van der Waals surface area (Å²) in [6.45, 7) is 0. The molecule has 2 aromatic heterocycles. The minimum Gasteiger partial charge on any atom is -0.438 e. The fourth-order valence-corrected chi connectivity index (χ4v) is 2.03. The number of hydrogen-bond donors (Lipinski definition) is 0. The first kappa shape index (κ1) is 14.6. The van der Waals surface area contributed by atoms with Crippen LogP contribution in [0.2, 0.25) is 0 Å². The highest BCUT2D eigenvalue weighted by molar-refractivity contribution is 6.13. The molecule has 0 unspecified atom stereocenters. The highest BCUT2D eigenvalue weighted by Gasteiger charge is 2.15. The van der Waals surface area contributed by atoms with Gasteiger partial charge in [0.25, 0.3) is 0 Å². The fourth-order valence-electron chi connectivity index (χ4n) is 2.03. The molecule has 0 aliphatic heterocycles. The van der Waals surface area contributed by atoms with Gasteiger partial charge in [-0.2, -0.15) is 0 Å². The van der Waals surface area contributed by atoms with Crippen LogP contribution in [0.4, 0.5) is 0 Å². The van der Waals surface area contributed by atoms with Crippen molar-refractivity contribution in [2.24, 2.45) is 5.16 Å². The van der Waals surface area contributed by atoms with Gasteiger partial charge in [0, 0.05) is 24.0 Å². The van der Waals surface area contributed by atoms with Crippen LogP contribution in [-0.4, -0.2) is 27.8 Å². The van der Waals surface area contributed by atoms with Crippen molar-refractivity contribution in [3.63, 3.8) is 0 Å². The van der Waals surface area contributed by atoms with Crippen molar-refractivity contribution >= 4 is 5.71 Å². The van der Waals surface area contributed by atoms with E-state index in [9.17, 15) is 0 Å². The summed E-state index contributed by atoms with van der Waals surface area (Å²) < 4.78 is 5.84. The second-order valence-corrected chi connectivity index (χ2v) is 4.48. The lowest BCUT2D eigenvalue weighted by Gasteiger charge is -2.11. The third kappa shape index (κ3) is 3.49. The van der Waals surface area contributed by atoms with E-state index in [0.717, 1.165) is 5.56 Å². The number of pyridine rings is 1. The van der Waals surface area contributed by atoms with Crippen molar-refractivity contribution in [3.8, 4) is 11.6 Å². The molecule has 6 heteroatoms. The lowest BCUT2D eigenvalue weighted by molar-refractivity contribution is 0.213. The first-order valence-electron chi connectivity index (χ1n) is 6.94. The summed E-state index contributed by atoms with van der Waals surface area (Å²) in [4.78, 5) is 17.3. The quantitative estimate of drug-likeness (QED) is 0.535. The molecule has 0 spiro atoms. The largest absolute Gasteiger partial charge is 0.438 e. The van der Waals surface area contributed by atoms with Crippen LogP contribution in [-0.2, 0) is 4.84 Å². The molecule has 0 N–H and O–H groups in total. The molecule has 0 bridgehead atoms. The van der Waals surface area contributed by atoms with Crippen LogP contribution in [0.1, 0.15) is 11.3 Å². The number of aromatic nitrogens is 3. The topological polar surface area (TPSA) is 69.5 Å². The second kappa shape index (κ2) is 7.13. The van der Waals surface area contributed by atoms with Gasteiger partial charge in [0.15, 0.2) is 0 Å². The SMILES string of the molecule is CO/N=C(/c1ccccn1)c1ccccc1Oc1ccncn1. The van der Waals surface area contributed by atoms with E-state index in [2.05, 4.69) is 20.1 Å². The van der Waals surface area contributed by atoms with Crippen LogP contribution in [0.3, 0.4) is 0 Å². The number of hydrogen-bond acceptors (Lipinski definition) is 6. The molecule has 3 rings (SSSR count). The van der Waals surface area contributed by atoms with Crippen LogP contribution in [0.15, 0.2) is 72.4 Å². The van der Waals surface area contributed by atoms with Crippen molar-refractivity contribution in [1.82, 2.24) is 15.0 Å². The summed E-state index contributed by atoms with van der Waals surface area (Å²) >= 11 is 0. The maximum absolute atomic E-state index is 5.84. The van der Waals surface area contributed by atoms with Crippen LogP contribution in [0.5, 0.6) is 11.6 Å². The van der Waals surface area contributed by atoms with Crippen molar-refractivity contribution < 1.29 is 9.57 Å². The van der Waals surface area contributed by atoms with Gasteiger partial charge in [-0.25, -0.2) is 9.97 Å². The van der Waals surface area contributed by atoms with E-state index in [1.165, 1.54) is 13.4 Å². The molecule has 0 amide bonds. The van der Waals surface area contributed by atoms with Gasteiger partial charge in [0.1, 0.15) is 24.9 Å². The van der Waals surface area contributed by atoms with Gasteiger partial charge in [-0.3, -0.25) is 4.98 Å². The third-order valence-corrected chi connectivity index (χ3v) is 3.00. The Morgan fingerprint density at radius 1 is 0.957 bits per heavy atom. The van der Waals surface area contributed by atoms with Crippen molar-refractivity contribution in [2.75, 3.05) is 7.11 Å². The summed E-state index contributed by atoms with van der Waals surface area (Å²) in [5, 5.41) is 4.11. The van der Waals surface area contributed by atoms with E-state index in [1.807, 2.05) is 42.5 Å². The zero-order valence-electron chi connectivity index (χ0n) is 12.5. The summed E-state index contributed by atoms with van der Waals surface area (Å²) in [7, 11) is 1.50. The lowest BCUT2D eigenvalue weighted by atomic mass is 10.1. The Bertz CT molecular complexity index is 792. The van der Waals surface area contributed by atoms with E-state index >= 15 is 0 Å². The molecule has 0 radical (unpaired) electrons. The summed E-state index contributed by atoms with van der Waals surface area (Å²) in [6, 6.07) is 14.8. The van der Waals surface area contributed by atoms with Crippen LogP contribution < -0.4 is 4.74 Å². The molecule has 0 atom stereocenters. The first-order chi connectivity index (χ1) is 11.4. The van der Waals surface area contributed by atoms with E-state index in [1.54, 1.807) is 18.5 Å². The highest BCUT2D eigenvalue weighted by atomic mass is 16.6. The Morgan fingerprint density at radius 3 is 2.57 bits per heavy atom. The van der Waals surface area contributed by atoms with E-state index < -0.39 is 0 Å². The van der Waals surface area contributed by atoms with Gasteiger partial charge in [0.2, 0.25) is 5.88 Å². The standard InChI is InChI=1S/C17H14N4O2/c1-22-21-17(14-7-4-5-10-19-14)13-6-2-3-8-15(13)23-16-9-11-18-12-20-16/h2-12H,1H3/b21-17+. The Hall–Kier alpha value is -3.28. The van der Waals surface area contributed by atoms with Crippen molar-refractivity contribution in [1.29, 1.82) is 0 Å². The molecule has 1 aromatic carbocycles. The number of ether oxygens (including phenoxy) is 1. The zero-order valence-corrected chi connectivity index (χ0v) is 12.5. The Labute approximate surface area is 133 Å². The van der Waals surface area contributed by atoms with E-state index in [-0.39, 0.29) is 0 Å². The summed E-state index contributed by atoms with van der Waals surface area (Å²) in [5.41, 5.74) is 2.03. The van der Waals surface area contributed by atoms with Gasteiger partial charge >= 0.3 is 0 Å². The smallest absolute Gasteiger partial charge is 0.222 e. The molecule has 0 aliphatic carbocycles. The van der Waals surface area contributed by atoms with Crippen LogP contribution >= 0.6 is 0 Å². The Kier molecular flexibility index (Phi) is 4.54. The molecule has 6 nitrogen and oxygen atoms in total. The van der Waals surface area contributed by atoms with Crippen molar-refractivity contribution in [2.45, 2.75) is 0 Å². The van der Waals surface area contributed by atoms with Gasteiger partial charge in [-0.1, -0.05) is 23.4 Å². The average Bonchev–Trinajstić information content (AvgIpc) is 2.62. The lowest BCUT2D eigenvalue weighted by Crippen LogP contribution is -2.08. The molecular formula is C17H14N4O2. The number of benzene rings is 1. The number of para-hydroxylation sites is 1. The maximum atomic E-state index is 5.84. The molecule has 23 heavy (non-hydrogen) atoms. The fraction of sp³-hybridized carbons (Fsp3) is 0.0588. The molecule has 114 valence electrons. The predicted molar refractivity (Wildman–Crippen MR) is 85.4 cm³/mol. The summed E-state index contributed by atoms with van der Waals surface area (Å²) in [5.74, 6) is 1.05. The molecule has 0 aliphatic rings. The van der Waals surface area contributed by atoms with E-state index in [4.69, 9.17) is 9.57 Å². The second-order valence-electron chi connectivity index (χ2n) is 4.48. The number of rotatable bonds is 5. The maximum Gasteiger partial charge on any atom is 0.222 e. The van der Waals surface area contributed by atoms with Gasteiger partial charge in [0.05, 0.1) is 5.69 Å². The monoisotopic (exact) mass is 306 g/mol. The normalized spacial score (nSPS) is 11.1. The Balaban J connectivity index is 2.03. The minimum atomic E-state index is 0.449. The van der Waals surface area contributed by atoms with Crippen molar-refractivity contribution in [3.05, 3.63) is 78.5 Å². The van der Waals surface area contributed by atoms with Gasteiger partial charge in [-0.05, 0) is 24.3 Å². The highest BCUT2D eigenvalue weighted by Crippen LogP contribution is 2.25. The average molecular weight is 306 g/mol. The molecule has 3 aromatic rings. The molecule has 2 heterocycles. The Morgan fingerprint density at radius 2 is 1.83 bits per heavy atom. The number of nitrogens with zero attached hydrogens (tertiary/aromatic N) is 4. The first-order valence-corrected chi connectivity index (χ1v) is 6.94. The zero-order chi connectivity index (χ0) is 15.9. The van der Waals surface area contributed by atoms with Gasteiger partial charge in [-0.15, -0.1) is 0 Å². The summed E-state index contributed by atoms with van der Waals surface area (Å²) in [6.07, 6.45) is 4.75.